The molecular formula is C42H65P3Si4. The predicted octanol–water partition coefficient (Wildman–Crippen LogP) is 12.3. The fraction of sp³-hybridized carbons (Fsp3) is 0.381. The summed E-state index contributed by atoms with van der Waals surface area (Å²) < 4.78 is 4.07. The molecule has 0 spiro atoms. The predicted molar refractivity (Wildman–Crippen MR) is 248 cm³/mol. The summed E-state index contributed by atoms with van der Waals surface area (Å²) in [6.45, 7) is 35.9. The largest absolute Gasteiger partial charge is 0.0811 e. The van der Waals surface area contributed by atoms with Gasteiger partial charge in [0, 0.05) is 0 Å². The minimum absolute atomic E-state index is 0.0450. The second-order valence-corrected chi connectivity index (χ2v) is 55.8. The normalized spacial score (nSPS) is 13.8. The summed E-state index contributed by atoms with van der Waals surface area (Å²) >= 11 is 0. The molecule has 0 unspecified atom stereocenters. The standard InChI is InChI=1S/C42H65P3Si4/c1-42(2,3)43(44(36-28-20-16-21-29-36,37-30-22-17-23-31-37)40(46(4,5)6)47(7,8)9)45(38-32-24-18-25-33-38,39-34-26-19-27-35-39)41(48(10,11)12)49(13,14)15/h16-35H,1-15H3. The molecule has 49 heavy (non-hydrogen) atoms. The third-order valence-electron chi connectivity index (χ3n) is 9.18. The molecule has 0 atom stereocenters. The minimum Gasteiger partial charge on any atom is -0.0811 e. The first-order valence-corrected chi connectivity index (χ1v) is 38.4. The maximum atomic E-state index is 2.70. The molecule has 4 aromatic carbocycles. The second kappa shape index (κ2) is 14.7. The van der Waals surface area contributed by atoms with Gasteiger partial charge in [-0.2, -0.15) is 0 Å². The monoisotopic (exact) mass is 774 g/mol. The van der Waals surface area contributed by atoms with E-state index < -0.39 is 52.7 Å². The van der Waals surface area contributed by atoms with Crippen molar-refractivity contribution in [3.05, 3.63) is 121 Å². The van der Waals surface area contributed by atoms with Crippen LogP contribution in [0.15, 0.2) is 121 Å². The van der Waals surface area contributed by atoms with Crippen molar-refractivity contribution in [3.63, 3.8) is 0 Å². The van der Waals surface area contributed by atoms with Gasteiger partial charge in [0.05, 0.1) is 32.3 Å². The lowest BCUT2D eigenvalue weighted by Crippen LogP contribution is -2.54. The van der Waals surface area contributed by atoms with Gasteiger partial charge in [0.2, 0.25) is 0 Å². The van der Waals surface area contributed by atoms with Crippen LogP contribution in [0, 0.1) is 0 Å². The molecule has 0 saturated heterocycles. The van der Waals surface area contributed by atoms with Crippen molar-refractivity contribution in [2.24, 2.45) is 0 Å². The van der Waals surface area contributed by atoms with Crippen LogP contribution in [0.1, 0.15) is 20.8 Å². The molecule has 0 aromatic heterocycles. The molecule has 7 heteroatoms. The first-order valence-electron chi connectivity index (χ1n) is 18.1. The van der Waals surface area contributed by atoms with Crippen molar-refractivity contribution in [1.29, 1.82) is 0 Å². The van der Waals surface area contributed by atoms with E-state index in [1.165, 1.54) is 0 Å². The Kier molecular flexibility index (Phi) is 12.1. The third-order valence-corrected chi connectivity index (χ3v) is 61.8. The molecule has 0 fully saturated rings. The summed E-state index contributed by atoms with van der Waals surface area (Å²) in [5.74, 6) is 0. The molecular weight excluding hydrogens is 710 g/mol. The third kappa shape index (κ3) is 7.93. The Bertz CT molecular complexity index is 1570. The molecule has 264 valence electrons. The average molecular weight is 775 g/mol. The number of benzene rings is 4. The molecule has 0 radical (unpaired) electrons. The van der Waals surface area contributed by atoms with Crippen LogP contribution in [-0.4, -0.2) is 46.5 Å². The van der Waals surface area contributed by atoms with Gasteiger partial charge in [0.15, 0.2) is 0 Å². The van der Waals surface area contributed by atoms with Gasteiger partial charge in [-0.1, -0.05) is 230 Å². The lowest BCUT2D eigenvalue weighted by atomic mass is 10.3. The van der Waals surface area contributed by atoms with Crippen molar-refractivity contribution in [2.75, 3.05) is 0 Å². The van der Waals surface area contributed by atoms with E-state index in [-0.39, 0.29) is 5.16 Å². The summed E-state index contributed by atoms with van der Waals surface area (Å²) in [7, 11) is -8.34. The highest BCUT2D eigenvalue weighted by molar-refractivity contribution is 8.76. The molecule has 0 amide bonds. The minimum atomic E-state index is -2.25. The fourth-order valence-corrected chi connectivity index (χ4v) is 91.8. The van der Waals surface area contributed by atoms with E-state index >= 15 is 0 Å². The smallest absolute Gasteiger partial charge is 0.0695 e. The maximum absolute atomic E-state index is 2.70. The topological polar surface area (TPSA) is 0 Å². The summed E-state index contributed by atoms with van der Waals surface area (Å²) in [5, 5.41) is 6.56. The van der Waals surface area contributed by atoms with Crippen LogP contribution in [0.4, 0.5) is 0 Å². The summed E-state index contributed by atoms with van der Waals surface area (Å²) in [5.41, 5.74) is 0. The molecule has 4 aromatic rings. The highest BCUT2D eigenvalue weighted by atomic mass is 32.5. The highest BCUT2D eigenvalue weighted by Crippen LogP contribution is 2.98. The van der Waals surface area contributed by atoms with Crippen LogP contribution < -0.4 is 21.2 Å². The Morgan fingerprint density at radius 2 is 0.551 bits per heavy atom. The lowest BCUT2D eigenvalue weighted by Gasteiger charge is -2.58. The molecule has 0 N–H and O–H groups in total. The maximum Gasteiger partial charge on any atom is 0.0695 e. The van der Waals surface area contributed by atoms with E-state index in [0.29, 0.717) is 0 Å². The van der Waals surface area contributed by atoms with E-state index in [4.69, 9.17) is 0 Å². The first kappa shape index (κ1) is 40.5. The molecule has 0 nitrogen and oxygen atoms in total. The van der Waals surface area contributed by atoms with E-state index in [0.717, 1.165) is 0 Å². The molecule has 0 aliphatic rings. The average Bonchev–Trinajstić information content (AvgIpc) is 2.98. The Hall–Kier alpha value is -1.22. The Labute approximate surface area is 307 Å². The number of hydrogen-bond donors (Lipinski definition) is 0. The van der Waals surface area contributed by atoms with E-state index in [1.54, 1.807) is 21.2 Å². The molecule has 0 heterocycles. The molecule has 0 bridgehead atoms. The number of hydrogen-bond acceptors (Lipinski definition) is 0. The van der Waals surface area contributed by atoms with Crippen LogP contribution in [0.5, 0.6) is 0 Å². The van der Waals surface area contributed by atoms with Crippen LogP contribution in [-0.2, 0) is 0 Å². The molecule has 0 aliphatic heterocycles. The van der Waals surface area contributed by atoms with Crippen molar-refractivity contribution in [3.8, 4) is 0 Å². The fourth-order valence-electron chi connectivity index (χ4n) is 9.31. The zero-order chi connectivity index (χ0) is 36.7. The van der Waals surface area contributed by atoms with Gasteiger partial charge in [-0.05, 0) is 46.8 Å². The van der Waals surface area contributed by atoms with Gasteiger partial charge >= 0.3 is 0 Å². The Morgan fingerprint density at radius 3 is 0.694 bits per heavy atom. The highest BCUT2D eigenvalue weighted by Gasteiger charge is 2.56. The van der Waals surface area contributed by atoms with Crippen LogP contribution in [0.25, 0.3) is 0 Å². The van der Waals surface area contributed by atoms with Gasteiger partial charge in [0.1, 0.15) is 0 Å². The zero-order valence-corrected chi connectivity index (χ0v) is 40.1. The van der Waals surface area contributed by atoms with Gasteiger partial charge in [-0.15, -0.1) is 0 Å². The van der Waals surface area contributed by atoms with Crippen LogP contribution in [0.3, 0.4) is 0 Å². The van der Waals surface area contributed by atoms with Crippen LogP contribution in [0.2, 0.25) is 78.6 Å². The van der Waals surface area contributed by atoms with Crippen molar-refractivity contribution in [1.82, 2.24) is 0 Å². The SMILES string of the molecule is CC(C)(C)P(P(=C([Si](C)(C)C)[Si](C)(C)C)(c1ccccc1)c1ccccc1)P(=C([Si](C)(C)C)[Si](C)(C)C)(c1ccccc1)c1ccccc1. The number of rotatable bonds is 10. The Balaban J connectivity index is 2.73. The summed E-state index contributed by atoms with van der Waals surface area (Å²) in [6.07, 6.45) is 0. The molecule has 0 saturated carbocycles. The first-order chi connectivity index (χ1) is 22.5. The molecule has 0 aliphatic carbocycles. The summed E-state index contributed by atoms with van der Waals surface area (Å²) in [6, 6.07) is 48.6. The van der Waals surface area contributed by atoms with Gasteiger partial charge < -0.3 is 0 Å². The quantitative estimate of drug-likeness (QED) is 0.111. The Morgan fingerprint density at radius 1 is 0.367 bits per heavy atom. The van der Waals surface area contributed by atoms with Gasteiger partial charge in [0.25, 0.3) is 0 Å². The lowest BCUT2D eigenvalue weighted by molar-refractivity contribution is 0.799. The zero-order valence-electron chi connectivity index (χ0n) is 33.4. The molecule has 4 rings (SSSR count). The van der Waals surface area contributed by atoms with E-state index in [2.05, 4.69) is 221 Å². The second-order valence-electron chi connectivity index (χ2n) is 18.8. The van der Waals surface area contributed by atoms with Crippen molar-refractivity contribution >= 4 is 83.0 Å². The van der Waals surface area contributed by atoms with Crippen molar-refractivity contribution < 1.29 is 0 Å². The summed E-state index contributed by atoms with van der Waals surface area (Å²) in [4.78, 5) is 0. The van der Waals surface area contributed by atoms with Crippen molar-refractivity contribution in [2.45, 2.75) is 104 Å². The van der Waals surface area contributed by atoms with E-state index in [9.17, 15) is 0 Å². The van der Waals surface area contributed by atoms with Gasteiger partial charge in [-0.25, -0.2) is 0 Å². The van der Waals surface area contributed by atoms with E-state index in [1.807, 2.05) is 9.08 Å². The van der Waals surface area contributed by atoms with Crippen LogP contribution >= 0.6 is 20.4 Å². The van der Waals surface area contributed by atoms with Gasteiger partial charge in [-0.3, -0.25) is 0 Å².